The molecule has 0 fully saturated rings. The average Bonchev–Trinajstić information content (AvgIpc) is 3.12. The largest absolute Gasteiger partial charge is 0.493 e. The van der Waals surface area contributed by atoms with Crippen molar-refractivity contribution < 1.29 is 33.0 Å². The van der Waals surface area contributed by atoms with Crippen molar-refractivity contribution in [2.24, 2.45) is 0 Å². The SMILES string of the molecule is CCCOc1c(Cl)cc(C(=O)OCc2ccoc2C(=O)OC)cc1OC. The molecular weight excluding hydrogens is 364 g/mol. The summed E-state index contributed by atoms with van der Waals surface area (Å²) in [6, 6.07) is 4.44. The molecule has 0 spiro atoms. The van der Waals surface area contributed by atoms with Crippen molar-refractivity contribution in [3.8, 4) is 11.5 Å². The summed E-state index contributed by atoms with van der Waals surface area (Å²) in [5.41, 5.74) is 0.588. The molecule has 0 bridgehead atoms. The second-order valence-electron chi connectivity index (χ2n) is 5.18. The van der Waals surface area contributed by atoms with Crippen LogP contribution in [0.15, 0.2) is 28.9 Å². The van der Waals surface area contributed by atoms with E-state index in [4.69, 9.17) is 30.2 Å². The summed E-state index contributed by atoms with van der Waals surface area (Å²) >= 11 is 6.19. The second kappa shape index (κ2) is 9.15. The molecule has 26 heavy (non-hydrogen) atoms. The van der Waals surface area contributed by atoms with E-state index in [1.165, 1.54) is 38.7 Å². The third-order valence-corrected chi connectivity index (χ3v) is 3.67. The molecule has 0 atom stereocenters. The monoisotopic (exact) mass is 382 g/mol. The van der Waals surface area contributed by atoms with E-state index in [1.807, 2.05) is 6.92 Å². The molecule has 0 unspecified atom stereocenters. The molecular formula is C18H19ClO7. The third-order valence-electron chi connectivity index (χ3n) is 3.39. The number of hydrogen-bond acceptors (Lipinski definition) is 7. The Balaban J connectivity index is 2.14. The van der Waals surface area contributed by atoms with Gasteiger partial charge in [0.1, 0.15) is 6.61 Å². The van der Waals surface area contributed by atoms with Crippen LogP contribution in [0.2, 0.25) is 5.02 Å². The summed E-state index contributed by atoms with van der Waals surface area (Å²) in [6.45, 7) is 2.27. The molecule has 2 rings (SSSR count). The van der Waals surface area contributed by atoms with E-state index in [2.05, 4.69) is 4.74 Å². The molecule has 0 aliphatic rings. The van der Waals surface area contributed by atoms with Crippen molar-refractivity contribution in [3.63, 3.8) is 0 Å². The van der Waals surface area contributed by atoms with E-state index >= 15 is 0 Å². The minimum absolute atomic E-state index is 0.0146. The smallest absolute Gasteiger partial charge is 0.374 e. The lowest BCUT2D eigenvalue weighted by atomic mass is 10.2. The molecule has 1 aromatic heterocycles. The average molecular weight is 383 g/mol. The van der Waals surface area contributed by atoms with Crippen LogP contribution < -0.4 is 9.47 Å². The molecule has 7 nitrogen and oxygen atoms in total. The number of esters is 2. The van der Waals surface area contributed by atoms with Gasteiger partial charge in [0.25, 0.3) is 0 Å². The number of furan rings is 1. The van der Waals surface area contributed by atoms with Gasteiger partial charge in [-0.1, -0.05) is 18.5 Å². The van der Waals surface area contributed by atoms with E-state index in [0.717, 1.165) is 6.42 Å². The fourth-order valence-corrected chi connectivity index (χ4v) is 2.39. The number of ether oxygens (including phenoxy) is 4. The topological polar surface area (TPSA) is 84.2 Å². The summed E-state index contributed by atoms with van der Waals surface area (Å²) in [5.74, 6) is -0.599. The molecule has 0 aliphatic heterocycles. The Morgan fingerprint density at radius 2 is 1.96 bits per heavy atom. The van der Waals surface area contributed by atoms with Crippen molar-refractivity contribution in [1.29, 1.82) is 0 Å². The van der Waals surface area contributed by atoms with Crippen LogP contribution in [0, 0.1) is 0 Å². The van der Waals surface area contributed by atoms with E-state index < -0.39 is 11.9 Å². The Hall–Kier alpha value is -2.67. The highest BCUT2D eigenvalue weighted by molar-refractivity contribution is 6.32. The standard InChI is InChI=1S/C18H19ClO7/c1-4-6-24-16-13(19)8-12(9-14(16)22-2)17(20)26-10-11-5-7-25-15(11)18(21)23-3/h5,7-9H,4,6,10H2,1-3H3. The van der Waals surface area contributed by atoms with E-state index in [-0.39, 0.29) is 23.0 Å². The fraction of sp³-hybridized carbons (Fsp3) is 0.333. The lowest BCUT2D eigenvalue weighted by Crippen LogP contribution is -2.09. The first-order valence-electron chi connectivity index (χ1n) is 7.83. The van der Waals surface area contributed by atoms with Crippen LogP contribution in [0.3, 0.4) is 0 Å². The van der Waals surface area contributed by atoms with Gasteiger partial charge < -0.3 is 23.4 Å². The van der Waals surface area contributed by atoms with Gasteiger partial charge in [0.15, 0.2) is 11.5 Å². The number of methoxy groups -OCH3 is 2. The minimum Gasteiger partial charge on any atom is -0.493 e. The minimum atomic E-state index is -0.650. The number of hydrogen-bond donors (Lipinski definition) is 0. The quantitative estimate of drug-likeness (QED) is 0.640. The first kappa shape index (κ1) is 19.7. The molecule has 1 aromatic carbocycles. The van der Waals surface area contributed by atoms with Gasteiger partial charge in [0.05, 0.1) is 37.7 Å². The maximum Gasteiger partial charge on any atom is 0.374 e. The predicted molar refractivity (Wildman–Crippen MR) is 93.0 cm³/mol. The molecule has 2 aromatic rings. The number of rotatable bonds is 8. The van der Waals surface area contributed by atoms with Gasteiger partial charge in [-0.2, -0.15) is 0 Å². The molecule has 0 N–H and O–H groups in total. The van der Waals surface area contributed by atoms with E-state index in [0.29, 0.717) is 23.7 Å². The van der Waals surface area contributed by atoms with Gasteiger partial charge in [-0.05, 0) is 24.6 Å². The highest BCUT2D eigenvalue weighted by atomic mass is 35.5. The number of carbonyl (C=O) groups excluding carboxylic acids is 2. The maximum absolute atomic E-state index is 12.3. The van der Waals surface area contributed by atoms with E-state index in [1.54, 1.807) is 0 Å². The van der Waals surface area contributed by atoms with Crippen LogP contribution in [0.1, 0.15) is 39.8 Å². The predicted octanol–water partition coefficient (Wildman–Crippen LogP) is 3.87. The molecule has 1 heterocycles. The van der Waals surface area contributed by atoms with Crippen LogP contribution in [0.25, 0.3) is 0 Å². The van der Waals surface area contributed by atoms with Gasteiger partial charge in [0, 0.05) is 5.56 Å². The zero-order valence-electron chi connectivity index (χ0n) is 14.7. The Labute approximate surface area is 155 Å². The van der Waals surface area contributed by atoms with Gasteiger partial charge in [-0.3, -0.25) is 0 Å². The first-order chi connectivity index (χ1) is 12.5. The summed E-state index contributed by atoms with van der Waals surface area (Å²) in [5, 5.41) is 0.239. The molecule has 0 saturated carbocycles. The molecule has 0 saturated heterocycles. The first-order valence-corrected chi connectivity index (χ1v) is 8.21. The lowest BCUT2D eigenvalue weighted by Gasteiger charge is -2.13. The highest BCUT2D eigenvalue weighted by Crippen LogP contribution is 2.36. The summed E-state index contributed by atoms with van der Waals surface area (Å²) in [7, 11) is 2.69. The number of halogens is 1. The van der Waals surface area contributed by atoms with Crippen LogP contribution in [0.5, 0.6) is 11.5 Å². The summed E-state index contributed by atoms with van der Waals surface area (Å²) in [6.07, 6.45) is 2.12. The third kappa shape index (κ3) is 4.49. The zero-order chi connectivity index (χ0) is 19.1. The van der Waals surface area contributed by atoms with Crippen LogP contribution >= 0.6 is 11.6 Å². The molecule has 0 aliphatic carbocycles. The van der Waals surface area contributed by atoms with E-state index in [9.17, 15) is 9.59 Å². The van der Waals surface area contributed by atoms with Crippen LogP contribution in [0.4, 0.5) is 0 Å². The maximum atomic E-state index is 12.3. The molecule has 0 radical (unpaired) electrons. The van der Waals surface area contributed by atoms with Crippen molar-refractivity contribution in [2.45, 2.75) is 20.0 Å². The molecule has 8 heteroatoms. The molecule has 0 amide bonds. The Bertz CT molecular complexity index is 782. The summed E-state index contributed by atoms with van der Waals surface area (Å²) < 4.78 is 25.6. The normalized spacial score (nSPS) is 10.3. The van der Waals surface area contributed by atoms with Gasteiger partial charge >= 0.3 is 11.9 Å². The Morgan fingerprint density at radius 3 is 2.62 bits per heavy atom. The Morgan fingerprint density at radius 1 is 1.19 bits per heavy atom. The van der Waals surface area contributed by atoms with Crippen molar-refractivity contribution in [1.82, 2.24) is 0 Å². The van der Waals surface area contributed by atoms with Crippen molar-refractivity contribution >= 4 is 23.5 Å². The zero-order valence-corrected chi connectivity index (χ0v) is 15.4. The van der Waals surface area contributed by atoms with Crippen LogP contribution in [-0.2, 0) is 16.1 Å². The fourth-order valence-electron chi connectivity index (χ4n) is 2.13. The number of carbonyl (C=O) groups is 2. The highest BCUT2D eigenvalue weighted by Gasteiger charge is 2.20. The molecule has 140 valence electrons. The van der Waals surface area contributed by atoms with Crippen molar-refractivity contribution in [2.75, 3.05) is 20.8 Å². The lowest BCUT2D eigenvalue weighted by molar-refractivity contribution is 0.0453. The van der Waals surface area contributed by atoms with Crippen LogP contribution in [-0.4, -0.2) is 32.8 Å². The van der Waals surface area contributed by atoms with Crippen molar-refractivity contribution in [3.05, 3.63) is 46.4 Å². The van der Waals surface area contributed by atoms with Gasteiger partial charge in [-0.25, -0.2) is 9.59 Å². The van der Waals surface area contributed by atoms with Gasteiger partial charge in [-0.15, -0.1) is 0 Å². The second-order valence-corrected chi connectivity index (χ2v) is 5.59. The summed E-state index contributed by atoms with van der Waals surface area (Å²) in [4.78, 5) is 23.9. The number of benzene rings is 1. The Kier molecular flexibility index (Phi) is 6.91. The van der Waals surface area contributed by atoms with Gasteiger partial charge in [0.2, 0.25) is 5.76 Å².